The van der Waals surface area contributed by atoms with Crippen LogP contribution < -0.4 is 0 Å². The van der Waals surface area contributed by atoms with E-state index >= 15 is 0 Å². The number of hydrogen-bond donors (Lipinski definition) is 0. The van der Waals surface area contributed by atoms with Crippen molar-refractivity contribution in [2.75, 3.05) is 0 Å². The van der Waals surface area contributed by atoms with Gasteiger partial charge in [0.2, 0.25) is 0 Å². The van der Waals surface area contributed by atoms with E-state index in [0.29, 0.717) is 10.4 Å². The summed E-state index contributed by atoms with van der Waals surface area (Å²) in [5.74, 6) is 0. The molecule has 3 aromatic rings. The summed E-state index contributed by atoms with van der Waals surface area (Å²) >= 11 is 0. The summed E-state index contributed by atoms with van der Waals surface area (Å²) in [5.41, 5.74) is 4.80. The fourth-order valence-corrected chi connectivity index (χ4v) is 4.89. The summed E-state index contributed by atoms with van der Waals surface area (Å²) in [6.45, 7) is 8.13. The van der Waals surface area contributed by atoms with Gasteiger partial charge in [0.25, 0.3) is 10.0 Å². The highest BCUT2D eigenvalue weighted by Crippen LogP contribution is 2.30. The fourth-order valence-electron chi connectivity index (χ4n) is 3.49. The van der Waals surface area contributed by atoms with Gasteiger partial charge in [-0.1, -0.05) is 44.4 Å². The number of nitrogens with zero attached hydrogens (tertiary/aromatic N) is 2. The summed E-state index contributed by atoms with van der Waals surface area (Å²) < 4.78 is 27.8. The molecule has 0 spiro atoms. The molecule has 1 aromatic carbocycles. The monoisotopic (exact) mass is 370 g/mol. The van der Waals surface area contributed by atoms with Crippen molar-refractivity contribution >= 4 is 20.9 Å². The molecule has 3 rings (SSSR count). The van der Waals surface area contributed by atoms with E-state index < -0.39 is 10.0 Å². The molecule has 0 atom stereocenters. The Morgan fingerprint density at radius 3 is 2.23 bits per heavy atom. The maximum Gasteiger partial charge on any atom is 0.268 e. The largest absolute Gasteiger partial charge is 0.268 e. The minimum absolute atomic E-state index is 0.301. The Kier molecular flexibility index (Phi) is 5.19. The second-order valence-electron chi connectivity index (χ2n) is 6.81. The molecule has 2 heterocycles. The number of hydrogen-bond acceptors (Lipinski definition) is 3. The SMILES string of the molecule is CCCc1nc(C)c2c(ccn2S(=O)(=O)c2ccc(C)cc2)c1CCC. The van der Waals surface area contributed by atoms with E-state index in [0.717, 1.165) is 48.0 Å². The molecule has 0 saturated carbocycles. The standard InChI is InChI=1S/C21H26N2O2S/c1-5-7-18-19-13-14-23(21(19)16(4)22-20(18)8-6-2)26(24,25)17-11-9-15(3)10-12-17/h9-14H,5-8H2,1-4H3. The van der Waals surface area contributed by atoms with Gasteiger partial charge in [0.05, 0.1) is 16.1 Å². The van der Waals surface area contributed by atoms with Crippen LogP contribution in [0.5, 0.6) is 0 Å². The third-order valence-electron chi connectivity index (χ3n) is 4.74. The number of benzene rings is 1. The van der Waals surface area contributed by atoms with Gasteiger partial charge in [-0.15, -0.1) is 0 Å². The summed E-state index contributed by atoms with van der Waals surface area (Å²) in [5, 5.41) is 1.01. The molecule has 2 aromatic heterocycles. The van der Waals surface area contributed by atoms with Gasteiger partial charge in [-0.2, -0.15) is 0 Å². The molecule has 138 valence electrons. The smallest absolute Gasteiger partial charge is 0.256 e. The zero-order chi connectivity index (χ0) is 18.9. The first-order valence-corrected chi connectivity index (χ1v) is 10.7. The quantitative estimate of drug-likeness (QED) is 0.626. The van der Waals surface area contributed by atoms with E-state index in [9.17, 15) is 8.42 Å². The third kappa shape index (κ3) is 3.16. The second-order valence-corrected chi connectivity index (χ2v) is 8.63. The molecule has 0 N–H and O–H groups in total. The minimum Gasteiger partial charge on any atom is -0.256 e. The highest BCUT2D eigenvalue weighted by atomic mass is 32.2. The maximum atomic E-state index is 13.2. The van der Waals surface area contributed by atoms with Crippen molar-refractivity contribution in [3.8, 4) is 0 Å². The molecule has 0 amide bonds. The van der Waals surface area contributed by atoms with Crippen molar-refractivity contribution in [1.82, 2.24) is 8.96 Å². The molecule has 0 radical (unpaired) electrons. The molecular weight excluding hydrogens is 344 g/mol. The van der Waals surface area contributed by atoms with Gasteiger partial charge in [0, 0.05) is 17.3 Å². The number of fused-ring (bicyclic) bond motifs is 1. The predicted octanol–water partition coefficient (Wildman–Crippen LogP) is 4.80. The van der Waals surface area contributed by atoms with E-state index in [1.165, 1.54) is 9.54 Å². The van der Waals surface area contributed by atoms with Gasteiger partial charge in [-0.05, 0) is 50.5 Å². The van der Waals surface area contributed by atoms with Crippen LogP contribution in [0.15, 0.2) is 41.4 Å². The summed E-state index contributed by atoms with van der Waals surface area (Å²) in [4.78, 5) is 5.08. The molecule has 5 heteroatoms. The zero-order valence-corrected chi connectivity index (χ0v) is 16.7. The van der Waals surface area contributed by atoms with Crippen molar-refractivity contribution < 1.29 is 8.42 Å². The van der Waals surface area contributed by atoms with Crippen LogP contribution in [0.1, 0.15) is 49.2 Å². The lowest BCUT2D eigenvalue weighted by molar-refractivity contribution is 0.589. The Balaban J connectivity index is 2.25. The van der Waals surface area contributed by atoms with Crippen LogP contribution in [0, 0.1) is 13.8 Å². The van der Waals surface area contributed by atoms with E-state index in [2.05, 4.69) is 13.8 Å². The van der Waals surface area contributed by atoms with E-state index in [1.54, 1.807) is 18.3 Å². The van der Waals surface area contributed by atoms with Gasteiger partial charge >= 0.3 is 0 Å². The lowest BCUT2D eigenvalue weighted by Crippen LogP contribution is -2.13. The van der Waals surface area contributed by atoms with Gasteiger partial charge in [0.15, 0.2) is 0 Å². The Hall–Kier alpha value is -2.14. The number of aromatic nitrogens is 2. The Labute approximate surface area is 155 Å². The minimum atomic E-state index is -3.64. The van der Waals surface area contributed by atoms with E-state index in [4.69, 9.17) is 4.98 Å². The van der Waals surface area contributed by atoms with Gasteiger partial charge in [-0.3, -0.25) is 4.98 Å². The average molecular weight is 371 g/mol. The molecule has 0 aliphatic rings. The average Bonchev–Trinajstić information content (AvgIpc) is 3.05. The van der Waals surface area contributed by atoms with Gasteiger partial charge in [0.1, 0.15) is 0 Å². The topological polar surface area (TPSA) is 52.0 Å². The predicted molar refractivity (Wildman–Crippen MR) is 106 cm³/mol. The van der Waals surface area contributed by atoms with Crippen molar-refractivity contribution in [2.24, 2.45) is 0 Å². The van der Waals surface area contributed by atoms with Crippen LogP contribution in [-0.2, 0) is 22.9 Å². The molecule has 0 fully saturated rings. The van der Waals surface area contributed by atoms with Crippen LogP contribution in [0.25, 0.3) is 10.9 Å². The van der Waals surface area contributed by atoms with Crippen molar-refractivity contribution in [1.29, 1.82) is 0 Å². The van der Waals surface area contributed by atoms with Crippen LogP contribution in [0.3, 0.4) is 0 Å². The van der Waals surface area contributed by atoms with E-state index in [1.807, 2.05) is 32.0 Å². The summed E-state index contributed by atoms with van der Waals surface area (Å²) in [6.07, 6.45) is 5.53. The molecule has 0 aliphatic heterocycles. The molecule has 26 heavy (non-hydrogen) atoms. The lowest BCUT2D eigenvalue weighted by Gasteiger charge is -2.14. The molecular formula is C21H26N2O2S. The van der Waals surface area contributed by atoms with Gasteiger partial charge < -0.3 is 0 Å². The molecule has 4 nitrogen and oxygen atoms in total. The number of aryl methyl sites for hydroxylation is 4. The van der Waals surface area contributed by atoms with Gasteiger partial charge in [-0.25, -0.2) is 12.4 Å². The van der Waals surface area contributed by atoms with Crippen LogP contribution >= 0.6 is 0 Å². The molecule has 0 aliphatic carbocycles. The maximum absolute atomic E-state index is 13.2. The highest BCUT2D eigenvalue weighted by molar-refractivity contribution is 7.90. The Morgan fingerprint density at radius 1 is 0.962 bits per heavy atom. The molecule has 0 bridgehead atoms. The highest BCUT2D eigenvalue weighted by Gasteiger charge is 2.22. The normalized spacial score (nSPS) is 12.0. The summed E-state index contributed by atoms with van der Waals surface area (Å²) in [6, 6.07) is 8.91. The van der Waals surface area contributed by atoms with Crippen LogP contribution in [0.2, 0.25) is 0 Å². The van der Waals surface area contributed by atoms with Crippen LogP contribution in [-0.4, -0.2) is 17.4 Å². The molecule has 0 saturated heterocycles. The first kappa shape index (κ1) is 18.6. The van der Waals surface area contributed by atoms with Crippen molar-refractivity contribution in [3.05, 3.63) is 59.0 Å². The van der Waals surface area contributed by atoms with Crippen molar-refractivity contribution in [2.45, 2.75) is 58.3 Å². The van der Waals surface area contributed by atoms with E-state index in [-0.39, 0.29) is 0 Å². The number of pyridine rings is 1. The first-order chi connectivity index (χ1) is 12.4. The zero-order valence-electron chi connectivity index (χ0n) is 15.9. The second kappa shape index (κ2) is 7.23. The Bertz CT molecular complexity index is 1030. The van der Waals surface area contributed by atoms with Crippen LogP contribution in [0.4, 0.5) is 0 Å². The lowest BCUT2D eigenvalue weighted by atomic mass is 10.0. The van der Waals surface area contributed by atoms with Crippen molar-refractivity contribution in [3.63, 3.8) is 0 Å². The first-order valence-electron chi connectivity index (χ1n) is 9.21. The third-order valence-corrected chi connectivity index (χ3v) is 6.43. The fraction of sp³-hybridized carbons (Fsp3) is 0.381. The Morgan fingerprint density at radius 2 is 1.62 bits per heavy atom. The summed E-state index contributed by atoms with van der Waals surface area (Å²) in [7, 11) is -3.64. The molecule has 0 unspecified atom stereocenters. The number of rotatable bonds is 6.